The number of hydrogen-bond donors (Lipinski definition) is 1. The molecule has 0 saturated carbocycles. The SMILES string of the molecule is CC(=O)N(CCC(=O)NCc1ccncc1)c1ccccc1F. The third-order valence-corrected chi connectivity index (χ3v) is 3.32. The van der Waals surface area contributed by atoms with E-state index in [0.29, 0.717) is 6.54 Å². The fourth-order valence-electron chi connectivity index (χ4n) is 2.12. The largest absolute Gasteiger partial charge is 0.352 e. The lowest BCUT2D eigenvalue weighted by atomic mass is 10.2. The van der Waals surface area contributed by atoms with Gasteiger partial charge in [0.15, 0.2) is 0 Å². The maximum atomic E-state index is 13.8. The van der Waals surface area contributed by atoms with Gasteiger partial charge in [-0.1, -0.05) is 12.1 Å². The Morgan fingerprint density at radius 2 is 1.87 bits per heavy atom. The minimum atomic E-state index is -0.486. The second kappa shape index (κ2) is 8.03. The molecule has 0 radical (unpaired) electrons. The van der Waals surface area contributed by atoms with Crippen LogP contribution >= 0.6 is 0 Å². The van der Waals surface area contributed by atoms with E-state index >= 15 is 0 Å². The zero-order valence-corrected chi connectivity index (χ0v) is 12.8. The van der Waals surface area contributed by atoms with Crippen molar-refractivity contribution >= 4 is 17.5 Å². The molecular weight excluding hydrogens is 297 g/mol. The Balaban J connectivity index is 1.90. The van der Waals surface area contributed by atoms with E-state index in [4.69, 9.17) is 0 Å². The number of benzene rings is 1. The monoisotopic (exact) mass is 315 g/mol. The molecule has 0 unspecified atom stereocenters. The highest BCUT2D eigenvalue weighted by Gasteiger charge is 2.16. The Morgan fingerprint density at radius 1 is 1.17 bits per heavy atom. The standard InChI is InChI=1S/C17H18FN3O2/c1-13(22)21(16-5-3-2-4-15(16)18)11-8-17(23)20-12-14-6-9-19-10-7-14/h2-7,9-10H,8,11-12H2,1H3,(H,20,23). The summed E-state index contributed by atoms with van der Waals surface area (Å²) in [6.07, 6.45) is 3.40. The van der Waals surface area contributed by atoms with Gasteiger partial charge in [-0.15, -0.1) is 0 Å². The van der Waals surface area contributed by atoms with Gasteiger partial charge >= 0.3 is 0 Å². The van der Waals surface area contributed by atoms with Crippen LogP contribution in [0.3, 0.4) is 0 Å². The number of aromatic nitrogens is 1. The van der Waals surface area contributed by atoms with Gasteiger partial charge in [-0.3, -0.25) is 14.6 Å². The van der Waals surface area contributed by atoms with Crippen LogP contribution in [0, 0.1) is 5.82 Å². The second-order valence-corrected chi connectivity index (χ2v) is 5.00. The number of para-hydroxylation sites is 1. The summed E-state index contributed by atoms with van der Waals surface area (Å²) in [6.45, 7) is 1.86. The smallest absolute Gasteiger partial charge is 0.223 e. The third kappa shape index (κ3) is 4.88. The molecule has 1 heterocycles. The summed E-state index contributed by atoms with van der Waals surface area (Å²) >= 11 is 0. The van der Waals surface area contributed by atoms with Gasteiger partial charge < -0.3 is 10.2 Å². The zero-order valence-electron chi connectivity index (χ0n) is 12.8. The van der Waals surface area contributed by atoms with E-state index in [-0.39, 0.29) is 30.5 Å². The van der Waals surface area contributed by atoms with E-state index in [1.54, 1.807) is 24.5 Å². The molecule has 120 valence electrons. The normalized spacial score (nSPS) is 10.2. The number of carbonyl (C=O) groups excluding carboxylic acids is 2. The number of rotatable bonds is 6. The van der Waals surface area contributed by atoms with Crippen molar-refractivity contribution in [2.24, 2.45) is 0 Å². The summed E-state index contributed by atoms with van der Waals surface area (Å²) < 4.78 is 13.8. The van der Waals surface area contributed by atoms with Crippen molar-refractivity contribution in [3.8, 4) is 0 Å². The summed E-state index contributed by atoms with van der Waals surface area (Å²) in [4.78, 5) is 28.8. The number of nitrogens with one attached hydrogen (secondary N) is 1. The zero-order chi connectivity index (χ0) is 16.7. The van der Waals surface area contributed by atoms with E-state index < -0.39 is 5.82 Å². The molecule has 0 spiro atoms. The van der Waals surface area contributed by atoms with Gasteiger partial charge in [-0.2, -0.15) is 0 Å². The number of anilines is 1. The Bertz CT molecular complexity index is 677. The molecule has 2 rings (SSSR count). The van der Waals surface area contributed by atoms with Crippen molar-refractivity contribution in [2.45, 2.75) is 19.9 Å². The van der Waals surface area contributed by atoms with Crippen LogP contribution in [0.2, 0.25) is 0 Å². The highest BCUT2D eigenvalue weighted by Crippen LogP contribution is 2.19. The van der Waals surface area contributed by atoms with Crippen LogP contribution in [0.25, 0.3) is 0 Å². The number of hydrogen-bond acceptors (Lipinski definition) is 3. The van der Waals surface area contributed by atoms with Gasteiger partial charge in [0.25, 0.3) is 0 Å². The van der Waals surface area contributed by atoms with Gasteiger partial charge in [0, 0.05) is 38.8 Å². The van der Waals surface area contributed by atoms with Gasteiger partial charge in [-0.05, 0) is 29.8 Å². The summed E-state index contributed by atoms with van der Waals surface area (Å²) in [7, 11) is 0. The van der Waals surface area contributed by atoms with E-state index in [1.807, 2.05) is 12.1 Å². The van der Waals surface area contributed by atoms with Crippen molar-refractivity contribution in [1.82, 2.24) is 10.3 Å². The van der Waals surface area contributed by atoms with E-state index in [9.17, 15) is 14.0 Å². The van der Waals surface area contributed by atoms with Crippen molar-refractivity contribution in [1.29, 1.82) is 0 Å². The number of nitrogens with zero attached hydrogens (tertiary/aromatic N) is 2. The molecule has 0 aliphatic heterocycles. The lowest BCUT2D eigenvalue weighted by Crippen LogP contribution is -2.34. The fourth-order valence-corrected chi connectivity index (χ4v) is 2.12. The lowest BCUT2D eigenvalue weighted by molar-refractivity contribution is -0.121. The van der Waals surface area contributed by atoms with Gasteiger partial charge in [-0.25, -0.2) is 4.39 Å². The van der Waals surface area contributed by atoms with Crippen LogP contribution in [0.15, 0.2) is 48.8 Å². The maximum absolute atomic E-state index is 13.8. The lowest BCUT2D eigenvalue weighted by Gasteiger charge is -2.21. The second-order valence-electron chi connectivity index (χ2n) is 5.00. The van der Waals surface area contributed by atoms with Gasteiger partial charge in [0.05, 0.1) is 5.69 Å². The summed E-state index contributed by atoms with van der Waals surface area (Å²) in [5, 5.41) is 2.76. The fraction of sp³-hybridized carbons (Fsp3) is 0.235. The maximum Gasteiger partial charge on any atom is 0.223 e. The Labute approximate surface area is 134 Å². The minimum Gasteiger partial charge on any atom is -0.352 e. The van der Waals surface area contributed by atoms with Crippen LogP contribution < -0.4 is 10.2 Å². The predicted octanol–water partition coefficient (Wildman–Crippen LogP) is 2.28. The average molecular weight is 315 g/mol. The van der Waals surface area contributed by atoms with E-state index in [1.165, 1.54) is 24.0 Å². The van der Waals surface area contributed by atoms with Crippen LogP contribution in [0.4, 0.5) is 10.1 Å². The van der Waals surface area contributed by atoms with Gasteiger partial charge in [0.2, 0.25) is 11.8 Å². The summed E-state index contributed by atoms with van der Waals surface area (Å²) in [5.74, 6) is -0.999. The number of carbonyl (C=O) groups is 2. The molecule has 0 aliphatic carbocycles. The first-order chi connectivity index (χ1) is 11.1. The minimum absolute atomic E-state index is 0.0962. The molecule has 6 heteroatoms. The molecule has 2 amide bonds. The van der Waals surface area contributed by atoms with Crippen LogP contribution in [0.1, 0.15) is 18.9 Å². The molecule has 0 atom stereocenters. The van der Waals surface area contributed by atoms with Crippen molar-refractivity contribution in [3.05, 3.63) is 60.2 Å². The number of halogens is 1. The first-order valence-electron chi connectivity index (χ1n) is 7.26. The molecule has 5 nitrogen and oxygen atoms in total. The van der Waals surface area contributed by atoms with Crippen LogP contribution in [-0.4, -0.2) is 23.3 Å². The molecule has 1 aromatic heterocycles. The molecule has 1 aromatic carbocycles. The van der Waals surface area contributed by atoms with Gasteiger partial charge in [0.1, 0.15) is 5.82 Å². The number of pyridine rings is 1. The molecule has 0 fully saturated rings. The summed E-state index contributed by atoms with van der Waals surface area (Å²) in [5.41, 5.74) is 1.12. The Morgan fingerprint density at radius 3 is 2.52 bits per heavy atom. The van der Waals surface area contributed by atoms with E-state index in [2.05, 4.69) is 10.3 Å². The average Bonchev–Trinajstić information content (AvgIpc) is 2.55. The van der Waals surface area contributed by atoms with E-state index in [0.717, 1.165) is 5.56 Å². The quantitative estimate of drug-likeness (QED) is 0.889. The summed E-state index contributed by atoms with van der Waals surface area (Å²) in [6, 6.07) is 9.62. The Kier molecular flexibility index (Phi) is 5.80. The molecule has 1 N–H and O–H groups in total. The number of amides is 2. The molecule has 2 aromatic rings. The van der Waals surface area contributed by atoms with Crippen LogP contribution in [0.5, 0.6) is 0 Å². The molecule has 0 saturated heterocycles. The molecule has 0 bridgehead atoms. The topological polar surface area (TPSA) is 62.3 Å². The van der Waals surface area contributed by atoms with Crippen molar-refractivity contribution in [3.63, 3.8) is 0 Å². The third-order valence-electron chi connectivity index (χ3n) is 3.32. The Hall–Kier alpha value is -2.76. The highest BCUT2D eigenvalue weighted by atomic mass is 19.1. The first-order valence-corrected chi connectivity index (χ1v) is 7.26. The van der Waals surface area contributed by atoms with Crippen molar-refractivity contribution < 1.29 is 14.0 Å². The highest BCUT2D eigenvalue weighted by molar-refractivity contribution is 5.92. The molecular formula is C17H18FN3O2. The van der Waals surface area contributed by atoms with Crippen LogP contribution in [-0.2, 0) is 16.1 Å². The predicted molar refractivity (Wildman–Crippen MR) is 85.1 cm³/mol. The molecule has 0 aliphatic rings. The van der Waals surface area contributed by atoms with Crippen molar-refractivity contribution in [2.75, 3.05) is 11.4 Å². The first kappa shape index (κ1) is 16.6. The molecule has 23 heavy (non-hydrogen) atoms.